The molecule has 4 aromatic carbocycles. The summed E-state index contributed by atoms with van der Waals surface area (Å²) in [6, 6.07) is 28.8. The second-order valence-electron chi connectivity index (χ2n) is 12.2. The number of ketones is 1. The van der Waals surface area contributed by atoms with Crippen LogP contribution in [0.1, 0.15) is 55.4 Å². The number of esters is 2. The van der Waals surface area contributed by atoms with Crippen LogP contribution in [0.2, 0.25) is 0 Å². The molecule has 2 saturated carbocycles. The molecule has 2 amide bonds. The second-order valence-corrected chi connectivity index (χ2v) is 12.2. The lowest BCUT2D eigenvalue weighted by molar-refractivity contribution is -0.123. The lowest BCUT2D eigenvalue weighted by Crippen LogP contribution is -2.33. The van der Waals surface area contributed by atoms with Gasteiger partial charge in [-0.2, -0.15) is 0 Å². The molecule has 0 radical (unpaired) electrons. The number of ether oxygens (including phenoxy) is 3. The van der Waals surface area contributed by atoms with Gasteiger partial charge in [0.2, 0.25) is 11.8 Å². The molecule has 1 aliphatic heterocycles. The van der Waals surface area contributed by atoms with E-state index in [9.17, 15) is 24.0 Å². The van der Waals surface area contributed by atoms with Crippen molar-refractivity contribution in [1.29, 1.82) is 0 Å². The van der Waals surface area contributed by atoms with Crippen LogP contribution >= 0.6 is 0 Å². The molecule has 3 fully saturated rings. The van der Waals surface area contributed by atoms with Gasteiger partial charge in [0.1, 0.15) is 11.5 Å². The molecule has 0 aromatic heterocycles. The van der Waals surface area contributed by atoms with Crippen LogP contribution in [0.15, 0.2) is 103 Å². The summed E-state index contributed by atoms with van der Waals surface area (Å²) in [6.07, 6.45) is 1.81. The van der Waals surface area contributed by atoms with Crippen LogP contribution in [-0.2, 0) is 14.3 Å². The van der Waals surface area contributed by atoms with Crippen molar-refractivity contribution in [2.75, 3.05) is 18.6 Å². The molecular weight excluding hydrogens is 598 g/mol. The van der Waals surface area contributed by atoms with E-state index in [0.29, 0.717) is 17.0 Å². The maximum absolute atomic E-state index is 13.6. The topological polar surface area (TPSA) is 116 Å². The van der Waals surface area contributed by atoms with Gasteiger partial charge in [-0.25, -0.2) is 9.59 Å². The lowest BCUT2D eigenvalue weighted by atomic mass is 9.73. The molecule has 9 heteroatoms. The largest absolute Gasteiger partial charge is 0.497 e. The Morgan fingerprint density at radius 3 is 2.13 bits per heavy atom. The van der Waals surface area contributed by atoms with Gasteiger partial charge in [0.05, 0.1) is 35.8 Å². The summed E-state index contributed by atoms with van der Waals surface area (Å²) in [5, 5.41) is 0. The Morgan fingerprint density at radius 2 is 1.40 bits per heavy atom. The van der Waals surface area contributed by atoms with Crippen LogP contribution in [0.3, 0.4) is 0 Å². The zero-order chi connectivity index (χ0) is 32.7. The highest BCUT2D eigenvalue weighted by molar-refractivity contribution is 6.22. The Hall–Kier alpha value is -5.57. The summed E-state index contributed by atoms with van der Waals surface area (Å²) >= 11 is 0. The van der Waals surface area contributed by atoms with Gasteiger partial charge in [0.25, 0.3) is 0 Å². The Balaban J connectivity index is 0.943. The molecule has 1 saturated heterocycles. The van der Waals surface area contributed by atoms with Crippen molar-refractivity contribution in [2.45, 2.75) is 18.8 Å². The maximum Gasteiger partial charge on any atom is 0.343 e. The van der Waals surface area contributed by atoms with E-state index in [1.807, 2.05) is 18.2 Å². The minimum absolute atomic E-state index is 0.144. The van der Waals surface area contributed by atoms with Gasteiger partial charge in [-0.15, -0.1) is 0 Å². The van der Waals surface area contributed by atoms with Crippen molar-refractivity contribution in [3.8, 4) is 11.5 Å². The van der Waals surface area contributed by atoms with Gasteiger partial charge < -0.3 is 14.2 Å². The number of rotatable bonds is 9. The average Bonchev–Trinajstić information content (AvgIpc) is 3.78. The smallest absolute Gasteiger partial charge is 0.343 e. The molecule has 2 bridgehead atoms. The predicted octanol–water partition coefficient (Wildman–Crippen LogP) is 5.88. The molecular formula is C38H31NO8. The monoisotopic (exact) mass is 629 g/mol. The Morgan fingerprint density at radius 1 is 0.702 bits per heavy atom. The lowest BCUT2D eigenvalue weighted by Gasteiger charge is -2.28. The Kier molecular flexibility index (Phi) is 7.89. The van der Waals surface area contributed by atoms with Gasteiger partial charge in [-0.1, -0.05) is 36.4 Å². The fraction of sp³-hybridized carbons (Fsp3) is 0.237. The third-order valence-electron chi connectivity index (χ3n) is 9.63. The number of methoxy groups -OCH3 is 1. The Labute approximate surface area is 271 Å². The van der Waals surface area contributed by atoms with Gasteiger partial charge in [0.15, 0.2) is 12.4 Å². The van der Waals surface area contributed by atoms with Crippen LogP contribution in [0.4, 0.5) is 5.69 Å². The molecule has 5 unspecified atom stereocenters. The summed E-state index contributed by atoms with van der Waals surface area (Å²) in [7, 11) is 1.50. The number of amides is 2. The van der Waals surface area contributed by atoms with Crippen LogP contribution < -0.4 is 14.4 Å². The van der Waals surface area contributed by atoms with E-state index in [2.05, 4.69) is 12.1 Å². The third kappa shape index (κ3) is 5.58. The van der Waals surface area contributed by atoms with Crippen molar-refractivity contribution < 1.29 is 38.2 Å². The molecule has 0 spiro atoms. The van der Waals surface area contributed by atoms with Crippen LogP contribution in [0, 0.1) is 23.7 Å². The maximum atomic E-state index is 13.6. The first-order valence-corrected chi connectivity index (χ1v) is 15.5. The number of carbonyl (C=O) groups excluding carboxylic acids is 5. The number of carbonyl (C=O) groups is 5. The first-order chi connectivity index (χ1) is 22.8. The second kappa shape index (κ2) is 12.3. The molecule has 7 rings (SSSR count). The zero-order valence-corrected chi connectivity index (χ0v) is 25.5. The number of anilines is 1. The Bertz CT molecular complexity index is 1870. The van der Waals surface area contributed by atoms with E-state index in [4.69, 9.17) is 14.2 Å². The van der Waals surface area contributed by atoms with Crippen molar-refractivity contribution in [2.24, 2.45) is 23.7 Å². The minimum atomic E-state index is -0.714. The summed E-state index contributed by atoms with van der Waals surface area (Å²) in [5.41, 5.74) is 2.42. The molecule has 9 nitrogen and oxygen atoms in total. The number of nitrogens with zero attached hydrogens (tertiary/aromatic N) is 1. The highest BCUT2D eigenvalue weighted by Crippen LogP contribution is 2.61. The van der Waals surface area contributed by atoms with E-state index in [-0.39, 0.29) is 58.3 Å². The summed E-state index contributed by atoms with van der Waals surface area (Å²) in [6.45, 7) is -0.499. The molecule has 236 valence electrons. The van der Waals surface area contributed by atoms with E-state index >= 15 is 0 Å². The van der Waals surface area contributed by atoms with Crippen molar-refractivity contribution in [1.82, 2.24) is 0 Å². The van der Waals surface area contributed by atoms with Crippen LogP contribution in [0.25, 0.3) is 0 Å². The van der Waals surface area contributed by atoms with Crippen LogP contribution in [-0.4, -0.2) is 43.3 Å². The fourth-order valence-corrected chi connectivity index (χ4v) is 7.47. The van der Waals surface area contributed by atoms with Crippen molar-refractivity contribution >= 4 is 35.2 Å². The number of fused-ring (bicyclic) bond motifs is 5. The first-order valence-electron chi connectivity index (χ1n) is 15.5. The summed E-state index contributed by atoms with van der Waals surface area (Å²) in [5.74, 6) is -1.31. The highest BCUT2D eigenvalue weighted by atomic mass is 16.5. The highest BCUT2D eigenvalue weighted by Gasteiger charge is 2.64. The third-order valence-corrected chi connectivity index (χ3v) is 9.63. The number of hydrogen-bond donors (Lipinski definition) is 0. The van der Waals surface area contributed by atoms with Crippen LogP contribution in [0.5, 0.6) is 11.5 Å². The van der Waals surface area contributed by atoms with Gasteiger partial charge in [-0.3, -0.25) is 19.3 Å². The van der Waals surface area contributed by atoms with Gasteiger partial charge >= 0.3 is 11.9 Å². The zero-order valence-electron chi connectivity index (χ0n) is 25.5. The minimum Gasteiger partial charge on any atom is -0.497 e. The summed E-state index contributed by atoms with van der Waals surface area (Å²) < 4.78 is 15.7. The van der Waals surface area contributed by atoms with E-state index in [1.54, 1.807) is 36.4 Å². The SMILES string of the molecule is COc1cccc(C(=O)Oc2ccc(C(=O)COC(=O)c3ccc(N4C(=O)C5C6CC(c7ccccc7)C(C6)C5C4=O)cc3)cc2)c1. The van der Waals surface area contributed by atoms with Gasteiger partial charge in [0, 0.05) is 5.56 Å². The molecule has 1 heterocycles. The standard InChI is InChI=1S/C38H31NO8/c1-45-29-9-5-8-25(18-29)38(44)47-28-16-12-23(13-17-28)32(40)21-46-37(43)24-10-14-27(15-11-24)39-35(41)33-26-19-30(22-6-3-2-4-7-22)31(20-26)34(33)36(39)42/h2-18,26,30-31,33-34H,19-21H2,1H3. The number of imide groups is 1. The number of Topliss-reactive ketones (excluding diaryl/α,β-unsaturated/α-hetero) is 1. The molecule has 2 aliphatic carbocycles. The number of benzene rings is 4. The van der Waals surface area contributed by atoms with E-state index < -0.39 is 24.3 Å². The fourth-order valence-electron chi connectivity index (χ4n) is 7.47. The predicted molar refractivity (Wildman–Crippen MR) is 170 cm³/mol. The molecule has 3 aliphatic rings. The van der Waals surface area contributed by atoms with E-state index in [1.165, 1.54) is 54.0 Å². The quantitative estimate of drug-likeness (QED) is 0.0975. The first kappa shape index (κ1) is 30.1. The normalized spacial score (nSPS) is 22.6. The summed E-state index contributed by atoms with van der Waals surface area (Å²) in [4.78, 5) is 66.2. The van der Waals surface area contributed by atoms with Gasteiger partial charge in [-0.05, 0) is 103 Å². The van der Waals surface area contributed by atoms with Crippen molar-refractivity contribution in [3.05, 3.63) is 125 Å². The molecule has 5 atom stereocenters. The molecule has 47 heavy (non-hydrogen) atoms. The van der Waals surface area contributed by atoms with Crippen molar-refractivity contribution in [3.63, 3.8) is 0 Å². The number of hydrogen-bond acceptors (Lipinski definition) is 8. The average molecular weight is 630 g/mol. The molecule has 0 N–H and O–H groups in total. The molecule has 4 aromatic rings. The van der Waals surface area contributed by atoms with E-state index in [0.717, 1.165) is 12.8 Å².